The van der Waals surface area contributed by atoms with Gasteiger partial charge in [0.1, 0.15) is 5.82 Å². The molecule has 24 heavy (non-hydrogen) atoms. The molecule has 0 saturated heterocycles. The molecule has 3 rings (SSSR count). The van der Waals surface area contributed by atoms with Gasteiger partial charge in [-0.3, -0.25) is 4.79 Å². The van der Waals surface area contributed by atoms with Gasteiger partial charge in [0.2, 0.25) is 0 Å². The average Bonchev–Trinajstić information content (AvgIpc) is 2.59. The SMILES string of the molecule is O=C(OCC(=O)N1CCCc2ccccc21)c1ccc(F)cc1Br. The zero-order chi connectivity index (χ0) is 17.1. The topological polar surface area (TPSA) is 46.6 Å². The van der Waals surface area contributed by atoms with Gasteiger partial charge in [-0.05, 0) is 58.6 Å². The number of nitrogens with zero attached hydrogens (tertiary/aromatic N) is 1. The second-order valence-electron chi connectivity index (χ2n) is 5.48. The smallest absolute Gasteiger partial charge is 0.339 e. The quantitative estimate of drug-likeness (QED) is 0.748. The predicted molar refractivity (Wildman–Crippen MR) is 91.5 cm³/mol. The van der Waals surface area contributed by atoms with E-state index in [9.17, 15) is 14.0 Å². The number of hydrogen-bond donors (Lipinski definition) is 0. The Kier molecular flexibility index (Phi) is 4.94. The van der Waals surface area contributed by atoms with Crippen molar-refractivity contribution in [2.75, 3.05) is 18.1 Å². The fourth-order valence-corrected chi connectivity index (χ4v) is 3.24. The van der Waals surface area contributed by atoms with E-state index in [0.29, 0.717) is 11.0 Å². The van der Waals surface area contributed by atoms with E-state index in [0.717, 1.165) is 24.1 Å². The number of ether oxygens (including phenoxy) is 1. The molecule has 1 heterocycles. The number of carbonyl (C=O) groups is 2. The van der Waals surface area contributed by atoms with Crippen LogP contribution >= 0.6 is 15.9 Å². The Morgan fingerprint density at radius 2 is 2.00 bits per heavy atom. The molecule has 124 valence electrons. The summed E-state index contributed by atoms with van der Waals surface area (Å²) in [7, 11) is 0. The normalized spacial score (nSPS) is 13.3. The van der Waals surface area contributed by atoms with Crippen molar-refractivity contribution in [2.24, 2.45) is 0 Å². The number of carbonyl (C=O) groups excluding carboxylic acids is 2. The van der Waals surface area contributed by atoms with Gasteiger partial charge in [0, 0.05) is 16.7 Å². The van der Waals surface area contributed by atoms with Gasteiger partial charge < -0.3 is 9.64 Å². The monoisotopic (exact) mass is 391 g/mol. The maximum absolute atomic E-state index is 13.1. The van der Waals surface area contributed by atoms with Crippen LogP contribution in [0, 0.1) is 5.82 Å². The van der Waals surface area contributed by atoms with Crippen LogP contribution in [0.3, 0.4) is 0 Å². The molecule has 0 aromatic heterocycles. The molecule has 0 radical (unpaired) electrons. The van der Waals surface area contributed by atoms with E-state index >= 15 is 0 Å². The molecular formula is C18H15BrFNO3. The van der Waals surface area contributed by atoms with Crippen LogP contribution in [0.5, 0.6) is 0 Å². The number of para-hydroxylation sites is 1. The minimum absolute atomic E-state index is 0.184. The zero-order valence-electron chi connectivity index (χ0n) is 12.8. The molecule has 0 unspecified atom stereocenters. The molecule has 0 saturated carbocycles. The molecule has 1 aliphatic rings. The van der Waals surface area contributed by atoms with E-state index in [1.807, 2.05) is 24.3 Å². The minimum Gasteiger partial charge on any atom is -0.452 e. The van der Waals surface area contributed by atoms with Crippen LogP contribution in [0.25, 0.3) is 0 Å². The molecule has 2 aromatic carbocycles. The Bertz CT molecular complexity index is 794. The zero-order valence-corrected chi connectivity index (χ0v) is 14.4. The van der Waals surface area contributed by atoms with Gasteiger partial charge in [-0.25, -0.2) is 9.18 Å². The lowest BCUT2D eigenvalue weighted by Gasteiger charge is -2.29. The Hall–Kier alpha value is -2.21. The highest BCUT2D eigenvalue weighted by Gasteiger charge is 2.23. The number of fused-ring (bicyclic) bond motifs is 1. The van der Waals surface area contributed by atoms with Crippen LogP contribution in [-0.4, -0.2) is 25.0 Å². The van der Waals surface area contributed by atoms with Gasteiger partial charge in [-0.15, -0.1) is 0 Å². The highest BCUT2D eigenvalue weighted by molar-refractivity contribution is 9.10. The highest BCUT2D eigenvalue weighted by Crippen LogP contribution is 2.26. The third-order valence-electron chi connectivity index (χ3n) is 3.89. The van der Waals surface area contributed by atoms with Crippen molar-refractivity contribution in [3.05, 3.63) is 63.9 Å². The van der Waals surface area contributed by atoms with Gasteiger partial charge in [-0.2, -0.15) is 0 Å². The van der Waals surface area contributed by atoms with Crippen LogP contribution in [0.2, 0.25) is 0 Å². The van der Waals surface area contributed by atoms with E-state index in [1.165, 1.54) is 18.2 Å². The van der Waals surface area contributed by atoms with E-state index < -0.39 is 11.8 Å². The molecule has 1 aliphatic heterocycles. The maximum Gasteiger partial charge on any atom is 0.339 e. The summed E-state index contributed by atoms with van der Waals surface area (Å²) < 4.78 is 18.5. The first-order chi connectivity index (χ1) is 11.6. The standard InChI is InChI=1S/C18H15BrFNO3/c19-15-10-13(20)7-8-14(15)18(23)24-11-17(22)21-9-3-5-12-4-1-2-6-16(12)21/h1-2,4,6-8,10H,3,5,9,11H2. The molecule has 0 fully saturated rings. The number of anilines is 1. The maximum atomic E-state index is 13.1. The van der Waals surface area contributed by atoms with Crippen molar-refractivity contribution >= 4 is 33.5 Å². The van der Waals surface area contributed by atoms with E-state index in [-0.39, 0.29) is 18.1 Å². The van der Waals surface area contributed by atoms with Crippen molar-refractivity contribution in [3.8, 4) is 0 Å². The number of hydrogen-bond acceptors (Lipinski definition) is 3. The number of benzene rings is 2. The summed E-state index contributed by atoms with van der Waals surface area (Å²) in [6, 6.07) is 11.4. The molecule has 2 aromatic rings. The van der Waals surface area contributed by atoms with Crippen molar-refractivity contribution in [3.63, 3.8) is 0 Å². The lowest BCUT2D eigenvalue weighted by Crippen LogP contribution is -2.38. The highest BCUT2D eigenvalue weighted by atomic mass is 79.9. The minimum atomic E-state index is -0.666. The molecule has 0 atom stereocenters. The van der Waals surface area contributed by atoms with Crippen LogP contribution in [0.1, 0.15) is 22.3 Å². The number of amides is 1. The van der Waals surface area contributed by atoms with E-state index in [1.54, 1.807) is 4.90 Å². The van der Waals surface area contributed by atoms with Gasteiger partial charge in [-0.1, -0.05) is 18.2 Å². The third-order valence-corrected chi connectivity index (χ3v) is 4.55. The fourth-order valence-electron chi connectivity index (χ4n) is 2.73. The van der Waals surface area contributed by atoms with Gasteiger partial charge in [0.05, 0.1) is 5.56 Å². The summed E-state index contributed by atoms with van der Waals surface area (Å²) in [5.74, 6) is -1.39. The van der Waals surface area contributed by atoms with Crippen LogP contribution < -0.4 is 4.90 Å². The lowest BCUT2D eigenvalue weighted by atomic mass is 10.0. The third kappa shape index (κ3) is 3.48. The number of aryl methyl sites for hydroxylation is 1. The molecular weight excluding hydrogens is 377 g/mol. The summed E-state index contributed by atoms with van der Waals surface area (Å²) >= 11 is 3.12. The second-order valence-corrected chi connectivity index (χ2v) is 6.33. The van der Waals surface area contributed by atoms with E-state index in [4.69, 9.17) is 4.74 Å². The van der Waals surface area contributed by atoms with Crippen molar-refractivity contribution in [2.45, 2.75) is 12.8 Å². The lowest BCUT2D eigenvalue weighted by molar-refractivity contribution is -0.121. The summed E-state index contributed by atoms with van der Waals surface area (Å²) in [5.41, 5.74) is 2.17. The Labute approximate surface area is 147 Å². The van der Waals surface area contributed by atoms with Crippen LogP contribution in [0.4, 0.5) is 10.1 Å². The van der Waals surface area contributed by atoms with Crippen molar-refractivity contribution < 1.29 is 18.7 Å². The van der Waals surface area contributed by atoms with Crippen LogP contribution in [0.15, 0.2) is 46.9 Å². The summed E-state index contributed by atoms with van der Waals surface area (Å²) in [5, 5.41) is 0. The summed E-state index contributed by atoms with van der Waals surface area (Å²) in [4.78, 5) is 26.1. The van der Waals surface area contributed by atoms with Gasteiger partial charge in [0.15, 0.2) is 6.61 Å². The molecule has 0 aliphatic carbocycles. The molecule has 4 nitrogen and oxygen atoms in total. The van der Waals surface area contributed by atoms with Crippen molar-refractivity contribution in [1.29, 1.82) is 0 Å². The van der Waals surface area contributed by atoms with Gasteiger partial charge >= 0.3 is 5.97 Å². The number of esters is 1. The largest absolute Gasteiger partial charge is 0.452 e. The Balaban J connectivity index is 1.67. The fraction of sp³-hybridized carbons (Fsp3) is 0.222. The molecule has 0 bridgehead atoms. The molecule has 0 N–H and O–H groups in total. The Morgan fingerprint density at radius 3 is 2.79 bits per heavy atom. The van der Waals surface area contributed by atoms with Crippen LogP contribution in [-0.2, 0) is 16.0 Å². The number of rotatable bonds is 3. The first-order valence-electron chi connectivity index (χ1n) is 7.56. The number of halogens is 2. The molecule has 0 spiro atoms. The molecule has 1 amide bonds. The second kappa shape index (κ2) is 7.13. The first-order valence-corrected chi connectivity index (χ1v) is 8.36. The van der Waals surface area contributed by atoms with Crippen molar-refractivity contribution in [1.82, 2.24) is 0 Å². The predicted octanol–water partition coefficient (Wildman–Crippen LogP) is 3.72. The van der Waals surface area contributed by atoms with Gasteiger partial charge in [0.25, 0.3) is 5.91 Å². The van der Waals surface area contributed by atoms with E-state index in [2.05, 4.69) is 15.9 Å². The molecule has 6 heteroatoms. The first kappa shape index (κ1) is 16.6. The Morgan fingerprint density at radius 1 is 1.21 bits per heavy atom. The average molecular weight is 392 g/mol. The summed E-state index contributed by atoms with van der Waals surface area (Å²) in [6.07, 6.45) is 1.81. The summed E-state index contributed by atoms with van der Waals surface area (Å²) in [6.45, 7) is 0.255.